The zero-order valence-electron chi connectivity index (χ0n) is 11.6. The van der Waals surface area contributed by atoms with Gasteiger partial charge in [-0.05, 0) is 42.7 Å². The molecule has 1 heterocycles. The fraction of sp³-hybridized carbons (Fsp3) is 0.0667. The van der Waals surface area contributed by atoms with Crippen molar-refractivity contribution in [1.29, 1.82) is 0 Å². The smallest absolute Gasteiger partial charge is 0.308 e. The number of fused-ring (bicyclic) bond motifs is 1. The first kappa shape index (κ1) is 15.1. The summed E-state index contributed by atoms with van der Waals surface area (Å²) in [4.78, 5) is 17.6. The predicted octanol–water partition coefficient (Wildman–Crippen LogP) is 5.32. The second kappa shape index (κ2) is 6.56. The fourth-order valence-electron chi connectivity index (χ4n) is 1.93. The Labute approximate surface area is 140 Å². The molecule has 3 rings (SSSR count). The van der Waals surface area contributed by atoms with Crippen LogP contribution in [0.25, 0.3) is 10.2 Å². The van der Waals surface area contributed by atoms with Gasteiger partial charge in [-0.3, -0.25) is 5.32 Å². The number of hydrogen-bond acceptors (Lipinski definition) is 4. The van der Waals surface area contributed by atoms with Crippen molar-refractivity contribution in [2.75, 3.05) is 16.9 Å². The van der Waals surface area contributed by atoms with Crippen LogP contribution in [-0.2, 0) is 0 Å². The standard InChI is InChI=1S/C15H12ClN3OS2/c1-21-11-3-2-4-12-13(11)18-15(22-12)19-14(20)17-10-7-5-9(16)6-8-10/h2-8H,1H3,(H2,17,18,19,20). The molecule has 0 saturated heterocycles. The van der Waals surface area contributed by atoms with Crippen molar-refractivity contribution in [3.05, 3.63) is 47.5 Å². The maximum absolute atomic E-state index is 12.0. The van der Waals surface area contributed by atoms with Crippen LogP contribution in [0.1, 0.15) is 0 Å². The van der Waals surface area contributed by atoms with E-state index in [0.717, 1.165) is 15.1 Å². The maximum atomic E-state index is 12.0. The Bertz CT molecular complexity index is 817. The van der Waals surface area contributed by atoms with Crippen LogP contribution in [0.5, 0.6) is 0 Å². The molecule has 3 aromatic rings. The quantitative estimate of drug-likeness (QED) is 0.629. The van der Waals surface area contributed by atoms with Gasteiger partial charge in [-0.25, -0.2) is 9.78 Å². The van der Waals surface area contributed by atoms with Crippen molar-refractivity contribution in [1.82, 2.24) is 4.98 Å². The van der Waals surface area contributed by atoms with Gasteiger partial charge in [-0.2, -0.15) is 0 Å². The second-order valence-electron chi connectivity index (χ2n) is 4.41. The van der Waals surface area contributed by atoms with Gasteiger partial charge in [0.05, 0.1) is 10.2 Å². The van der Waals surface area contributed by atoms with Gasteiger partial charge in [-0.1, -0.05) is 29.0 Å². The summed E-state index contributed by atoms with van der Waals surface area (Å²) in [5, 5.41) is 6.70. The zero-order valence-corrected chi connectivity index (χ0v) is 14.0. The van der Waals surface area contributed by atoms with E-state index in [4.69, 9.17) is 11.6 Å². The summed E-state index contributed by atoms with van der Waals surface area (Å²) in [6.45, 7) is 0. The number of thiazole rings is 1. The fourth-order valence-corrected chi connectivity index (χ4v) is 3.58. The van der Waals surface area contributed by atoms with E-state index in [1.165, 1.54) is 11.3 Å². The molecule has 7 heteroatoms. The van der Waals surface area contributed by atoms with Crippen molar-refractivity contribution in [3.8, 4) is 0 Å². The highest BCUT2D eigenvalue weighted by Crippen LogP contribution is 2.32. The number of aromatic nitrogens is 1. The Hall–Kier alpha value is -1.76. The summed E-state index contributed by atoms with van der Waals surface area (Å²) in [5.74, 6) is 0. The Balaban J connectivity index is 1.75. The van der Waals surface area contributed by atoms with Crippen LogP contribution < -0.4 is 10.6 Å². The van der Waals surface area contributed by atoms with E-state index in [2.05, 4.69) is 15.6 Å². The van der Waals surface area contributed by atoms with E-state index in [1.807, 2.05) is 24.5 Å². The molecule has 2 N–H and O–H groups in total. The number of thioether (sulfide) groups is 1. The van der Waals surface area contributed by atoms with Crippen molar-refractivity contribution < 1.29 is 4.79 Å². The molecule has 0 aliphatic rings. The summed E-state index contributed by atoms with van der Waals surface area (Å²) in [7, 11) is 0. The molecule has 0 radical (unpaired) electrons. The lowest BCUT2D eigenvalue weighted by molar-refractivity contribution is 0.262. The number of carbonyl (C=O) groups excluding carboxylic acids is 1. The van der Waals surface area contributed by atoms with E-state index < -0.39 is 0 Å². The number of urea groups is 1. The summed E-state index contributed by atoms with van der Waals surface area (Å²) in [5.41, 5.74) is 1.59. The largest absolute Gasteiger partial charge is 0.325 e. The summed E-state index contributed by atoms with van der Waals surface area (Å²) >= 11 is 8.90. The number of para-hydroxylation sites is 1. The minimum Gasteiger partial charge on any atom is -0.308 e. The number of amides is 2. The minimum atomic E-state index is -0.327. The van der Waals surface area contributed by atoms with Gasteiger partial charge < -0.3 is 5.32 Å². The third-order valence-electron chi connectivity index (χ3n) is 2.92. The highest BCUT2D eigenvalue weighted by atomic mass is 35.5. The number of anilines is 2. The van der Waals surface area contributed by atoms with Crippen LogP contribution in [0.3, 0.4) is 0 Å². The van der Waals surface area contributed by atoms with E-state index in [-0.39, 0.29) is 6.03 Å². The number of rotatable bonds is 3. The Morgan fingerprint density at radius 3 is 2.68 bits per heavy atom. The Kier molecular flexibility index (Phi) is 4.52. The number of nitrogens with one attached hydrogen (secondary N) is 2. The number of carbonyl (C=O) groups is 1. The molecular weight excluding hydrogens is 338 g/mol. The highest BCUT2D eigenvalue weighted by molar-refractivity contribution is 7.98. The van der Waals surface area contributed by atoms with Crippen LogP contribution in [-0.4, -0.2) is 17.3 Å². The molecule has 2 amide bonds. The topological polar surface area (TPSA) is 54.0 Å². The molecule has 0 bridgehead atoms. The average molecular weight is 350 g/mol. The van der Waals surface area contributed by atoms with Crippen molar-refractivity contribution >= 4 is 61.8 Å². The average Bonchev–Trinajstić information content (AvgIpc) is 2.91. The molecule has 0 saturated carbocycles. The molecule has 0 fully saturated rings. The van der Waals surface area contributed by atoms with E-state index in [0.29, 0.717) is 15.8 Å². The second-order valence-corrected chi connectivity index (χ2v) is 6.73. The lowest BCUT2D eigenvalue weighted by Crippen LogP contribution is -2.19. The van der Waals surface area contributed by atoms with Crippen molar-refractivity contribution in [2.24, 2.45) is 0 Å². The molecule has 4 nitrogen and oxygen atoms in total. The SMILES string of the molecule is CSc1cccc2sc(NC(=O)Nc3ccc(Cl)cc3)nc12. The van der Waals surface area contributed by atoms with E-state index in [9.17, 15) is 4.79 Å². The molecule has 22 heavy (non-hydrogen) atoms. The number of halogens is 1. The van der Waals surface area contributed by atoms with Gasteiger partial charge in [0.1, 0.15) is 0 Å². The van der Waals surface area contributed by atoms with Crippen LogP contribution in [0.4, 0.5) is 15.6 Å². The zero-order chi connectivity index (χ0) is 15.5. The lowest BCUT2D eigenvalue weighted by atomic mass is 10.3. The van der Waals surface area contributed by atoms with Crippen LogP contribution in [0, 0.1) is 0 Å². The van der Waals surface area contributed by atoms with Gasteiger partial charge >= 0.3 is 6.03 Å². The normalized spacial score (nSPS) is 10.6. The molecule has 1 aromatic heterocycles. The molecular formula is C15H12ClN3OS2. The molecule has 0 atom stereocenters. The summed E-state index contributed by atoms with van der Waals surface area (Å²) in [6.07, 6.45) is 2.01. The van der Waals surface area contributed by atoms with E-state index >= 15 is 0 Å². The Morgan fingerprint density at radius 1 is 1.18 bits per heavy atom. The first-order valence-electron chi connectivity index (χ1n) is 6.43. The van der Waals surface area contributed by atoms with Crippen LogP contribution in [0.15, 0.2) is 47.4 Å². The molecule has 0 aliphatic heterocycles. The summed E-state index contributed by atoms with van der Waals surface area (Å²) in [6, 6.07) is 12.6. The number of hydrogen-bond donors (Lipinski definition) is 2. The van der Waals surface area contributed by atoms with Gasteiger partial charge in [0.2, 0.25) is 0 Å². The number of nitrogens with zero attached hydrogens (tertiary/aromatic N) is 1. The molecule has 0 unspecified atom stereocenters. The van der Waals surface area contributed by atoms with Crippen LogP contribution in [0.2, 0.25) is 5.02 Å². The van der Waals surface area contributed by atoms with Gasteiger partial charge in [0.25, 0.3) is 0 Å². The minimum absolute atomic E-state index is 0.327. The maximum Gasteiger partial charge on any atom is 0.325 e. The molecule has 0 spiro atoms. The van der Waals surface area contributed by atoms with E-state index in [1.54, 1.807) is 36.0 Å². The first-order chi connectivity index (χ1) is 10.7. The van der Waals surface area contributed by atoms with Crippen molar-refractivity contribution in [2.45, 2.75) is 4.90 Å². The molecule has 112 valence electrons. The summed E-state index contributed by atoms with van der Waals surface area (Å²) < 4.78 is 1.05. The van der Waals surface area contributed by atoms with Gasteiger partial charge in [0, 0.05) is 15.6 Å². The highest BCUT2D eigenvalue weighted by Gasteiger charge is 2.10. The lowest BCUT2D eigenvalue weighted by Gasteiger charge is -2.04. The third kappa shape index (κ3) is 3.35. The monoisotopic (exact) mass is 349 g/mol. The van der Waals surface area contributed by atoms with Crippen LogP contribution >= 0.6 is 34.7 Å². The van der Waals surface area contributed by atoms with Gasteiger partial charge in [-0.15, -0.1) is 11.8 Å². The Morgan fingerprint density at radius 2 is 1.95 bits per heavy atom. The molecule has 0 aliphatic carbocycles. The number of benzene rings is 2. The predicted molar refractivity (Wildman–Crippen MR) is 95.5 cm³/mol. The first-order valence-corrected chi connectivity index (χ1v) is 8.85. The van der Waals surface area contributed by atoms with Crippen molar-refractivity contribution in [3.63, 3.8) is 0 Å². The molecule has 2 aromatic carbocycles. The van der Waals surface area contributed by atoms with Gasteiger partial charge in [0.15, 0.2) is 5.13 Å². The third-order valence-corrected chi connectivity index (χ3v) is 4.88.